The Balaban J connectivity index is 2.12. The average molecular weight is 292 g/mol. The van der Waals surface area contributed by atoms with Gasteiger partial charge in [0.1, 0.15) is 5.82 Å². The molecule has 1 aliphatic rings. The van der Waals surface area contributed by atoms with Crippen LogP contribution in [-0.4, -0.2) is 23.3 Å². The van der Waals surface area contributed by atoms with Crippen molar-refractivity contribution in [3.05, 3.63) is 29.6 Å². The summed E-state index contributed by atoms with van der Waals surface area (Å²) in [5.41, 5.74) is 0.422. The van der Waals surface area contributed by atoms with Crippen LogP contribution in [0.2, 0.25) is 0 Å². The highest BCUT2D eigenvalue weighted by atomic mass is 32.2. The van der Waals surface area contributed by atoms with E-state index in [1.54, 1.807) is 0 Å². The Kier molecular flexibility index (Phi) is 4.40. The van der Waals surface area contributed by atoms with Crippen LogP contribution in [0, 0.1) is 23.1 Å². The van der Waals surface area contributed by atoms with Crippen LogP contribution in [0.25, 0.3) is 0 Å². The summed E-state index contributed by atoms with van der Waals surface area (Å²) in [5, 5.41) is 8.72. The quantitative estimate of drug-likeness (QED) is 0.858. The van der Waals surface area contributed by atoms with Crippen molar-refractivity contribution in [1.29, 1.82) is 5.26 Å². The third-order valence-corrected chi connectivity index (χ3v) is 4.14. The van der Waals surface area contributed by atoms with E-state index >= 15 is 0 Å². The van der Waals surface area contributed by atoms with Crippen molar-refractivity contribution in [3.63, 3.8) is 0 Å². The normalized spacial score (nSPS) is 18.1. The molecule has 1 amide bonds. The van der Waals surface area contributed by atoms with Crippen molar-refractivity contribution in [2.24, 2.45) is 5.92 Å². The maximum Gasteiger partial charge on any atom is 0.227 e. The van der Waals surface area contributed by atoms with Crippen LogP contribution in [0.4, 0.5) is 10.1 Å². The summed E-state index contributed by atoms with van der Waals surface area (Å²) in [7, 11) is 0. The summed E-state index contributed by atoms with van der Waals surface area (Å²) >= 11 is 1.18. The van der Waals surface area contributed by atoms with Gasteiger partial charge in [-0.3, -0.25) is 9.59 Å². The minimum atomic E-state index is -0.572. The number of thioether (sulfide) groups is 1. The van der Waals surface area contributed by atoms with E-state index < -0.39 is 5.82 Å². The number of carbonyl (C=O) groups is 2. The van der Waals surface area contributed by atoms with Gasteiger partial charge in [0.25, 0.3) is 0 Å². The average Bonchev–Trinajstić information content (AvgIpc) is 2.77. The van der Waals surface area contributed by atoms with E-state index in [-0.39, 0.29) is 28.2 Å². The van der Waals surface area contributed by atoms with Gasteiger partial charge in [-0.25, -0.2) is 4.39 Å². The molecule has 0 saturated carbocycles. The summed E-state index contributed by atoms with van der Waals surface area (Å²) in [6, 6.07) is 5.92. The lowest BCUT2D eigenvalue weighted by Crippen LogP contribution is -2.25. The number of rotatable bonds is 3. The van der Waals surface area contributed by atoms with Gasteiger partial charge in [-0.15, -0.1) is 0 Å². The molecule has 1 aromatic carbocycles. The van der Waals surface area contributed by atoms with Gasteiger partial charge in [-0.1, -0.05) is 11.8 Å². The first-order chi connectivity index (χ1) is 9.51. The molecule has 2 rings (SSSR count). The minimum Gasteiger partial charge on any atom is -0.309 e. The number of nitriles is 1. The van der Waals surface area contributed by atoms with E-state index in [1.807, 2.05) is 6.07 Å². The summed E-state index contributed by atoms with van der Waals surface area (Å²) in [6.07, 6.45) is 0.319. The zero-order valence-corrected chi connectivity index (χ0v) is 11.7. The van der Waals surface area contributed by atoms with Crippen LogP contribution in [0.1, 0.15) is 18.9 Å². The molecule has 4 nitrogen and oxygen atoms in total. The van der Waals surface area contributed by atoms with Crippen molar-refractivity contribution in [1.82, 2.24) is 0 Å². The van der Waals surface area contributed by atoms with Gasteiger partial charge in [-0.2, -0.15) is 5.26 Å². The molecule has 0 aliphatic carbocycles. The summed E-state index contributed by atoms with van der Waals surface area (Å²) in [6.45, 7) is 1.89. The van der Waals surface area contributed by atoms with Crippen LogP contribution >= 0.6 is 11.8 Å². The predicted octanol–water partition coefficient (Wildman–Crippen LogP) is 2.33. The number of amides is 1. The van der Waals surface area contributed by atoms with Crippen molar-refractivity contribution in [3.8, 4) is 6.07 Å². The number of hydrogen-bond acceptors (Lipinski definition) is 4. The molecule has 1 aromatic rings. The fraction of sp³-hybridized carbons (Fsp3) is 0.357. The maximum atomic E-state index is 13.9. The number of carbonyl (C=O) groups excluding carboxylic acids is 2. The van der Waals surface area contributed by atoms with Gasteiger partial charge >= 0.3 is 0 Å². The highest BCUT2D eigenvalue weighted by Crippen LogP contribution is 2.29. The topological polar surface area (TPSA) is 61.2 Å². The molecule has 1 unspecified atom stereocenters. The first kappa shape index (κ1) is 14.5. The summed E-state index contributed by atoms with van der Waals surface area (Å²) < 4.78 is 13.9. The molecule has 1 saturated heterocycles. The van der Waals surface area contributed by atoms with Gasteiger partial charge in [-0.05, 0) is 24.1 Å². The highest BCUT2D eigenvalue weighted by molar-refractivity contribution is 8.13. The molecule has 0 aromatic heterocycles. The summed E-state index contributed by atoms with van der Waals surface area (Å²) in [5.74, 6) is -0.110. The Labute approximate surface area is 120 Å². The second-order valence-electron chi connectivity index (χ2n) is 4.66. The molecule has 6 heteroatoms. The van der Waals surface area contributed by atoms with Crippen LogP contribution in [0.3, 0.4) is 0 Å². The first-order valence-corrected chi connectivity index (χ1v) is 7.13. The number of halogens is 1. The molecule has 1 atom stereocenters. The molecular formula is C14H13FN2O2S. The van der Waals surface area contributed by atoms with Gasteiger partial charge in [0.15, 0.2) is 5.12 Å². The lowest BCUT2D eigenvalue weighted by atomic mass is 10.1. The van der Waals surface area contributed by atoms with Crippen molar-refractivity contribution in [2.75, 3.05) is 17.2 Å². The molecule has 1 heterocycles. The minimum absolute atomic E-state index is 0.0143. The Morgan fingerprint density at radius 2 is 2.35 bits per heavy atom. The van der Waals surface area contributed by atoms with Crippen molar-refractivity contribution < 1.29 is 14.0 Å². The lowest BCUT2D eigenvalue weighted by Gasteiger charge is -2.17. The third-order valence-electron chi connectivity index (χ3n) is 3.09. The lowest BCUT2D eigenvalue weighted by molar-refractivity contribution is -0.117. The molecule has 1 fully saturated rings. The van der Waals surface area contributed by atoms with Crippen LogP contribution in [-0.2, 0) is 9.59 Å². The van der Waals surface area contributed by atoms with E-state index in [0.29, 0.717) is 18.7 Å². The maximum absolute atomic E-state index is 13.9. The number of anilines is 1. The smallest absolute Gasteiger partial charge is 0.227 e. The van der Waals surface area contributed by atoms with E-state index in [4.69, 9.17) is 5.26 Å². The van der Waals surface area contributed by atoms with Gasteiger partial charge in [0, 0.05) is 25.6 Å². The molecule has 20 heavy (non-hydrogen) atoms. The fourth-order valence-electron chi connectivity index (χ4n) is 2.16. The molecule has 0 spiro atoms. The van der Waals surface area contributed by atoms with Gasteiger partial charge < -0.3 is 4.90 Å². The van der Waals surface area contributed by atoms with Crippen molar-refractivity contribution in [2.45, 2.75) is 13.3 Å². The predicted molar refractivity (Wildman–Crippen MR) is 74.7 cm³/mol. The molecule has 0 bridgehead atoms. The van der Waals surface area contributed by atoms with E-state index in [0.717, 1.165) is 6.07 Å². The van der Waals surface area contributed by atoms with Crippen molar-refractivity contribution >= 4 is 28.5 Å². The number of hydrogen-bond donors (Lipinski definition) is 0. The summed E-state index contributed by atoms with van der Waals surface area (Å²) in [4.78, 5) is 24.3. The number of benzene rings is 1. The zero-order valence-electron chi connectivity index (χ0n) is 10.9. The molecular weight excluding hydrogens is 279 g/mol. The van der Waals surface area contributed by atoms with Crippen LogP contribution < -0.4 is 4.90 Å². The van der Waals surface area contributed by atoms with E-state index in [2.05, 4.69) is 0 Å². The molecule has 1 aliphatic heterocycles. The fourth-order valence-corrected chi connectivity index (χ4v) is 2.85. The number of nitrogens with zero attached hydrogens (tertiary/aromatic N) is 2. The highest BCUT2D eigenvalue weighted by Gasteiger charge is 2.32. The van der Waals surface area contributed by atoms with Crippen LogP contribution in [0.5, 0.6) is 0 Å². The first-order valence-electron chi connectivity index (χ1n) is 6.14. The molecule has 104 valence electrons. The Morgan fingerprint density at radius 3 is 2.95 bits per heavy atom. The monoisotopic (exact) mass is 292 g/mol. The molecule has 0 radical (unpaired) electrons. The Morgan fingerprint density at radius 1 is 1.60 bits per heavy atom. The standard InChI is InChI=1S/C14H13FN2O2S/c1-9(18)20-8-11-5-14(19)17(7-11)13-3-2-10(6-16)4-12(13)15/h2-4,11H,5,7-8H2,1H3. The Bertz CT molecular complexity index is 597. The largest absolute Gasteiger partial charge is 0.309 e. The van der Waals surface area contributed by atoms with Gasteiger partial charge in [0.2, 0.25) is 5.91 Å². The second-order valence-corrected chi connectivity index (χ2v) is 5.85. The van der Waals surface area contributed by atoms with E-state index in [9.17, 15) is 14.0 Å². The Hall–Kier alpha value is -1.87. The SMILES string of the molecule is CC(=O)SCC1CC(=O)N(c2ccc(C#N)cc2F)C1. The van der Waals surface area contributed by atoms with Crippen LogP contribution in [0.15, 0.2) is 18.2 Å². The zero-order chi connectivity index (χ0) is 14.7. The second kappa shape index (κ2) is 6.06. The third kappa shape index (κ3) is 3.17. The van der Waals surface area contributed by atoms with Gasteiger partial charge in [0.05, 0.1) is 17.3 Å². The molecule has 0 N–H and O–H groups in total. The van der Waals surface area contributed by atoms with E-state index in [1.165, 1.54) is 35.7 Å².